The summed E-state index contributed by atoms with van der Waals surface area (Å²) in [7, 11) is -4.01. The first kappa shape index (κ1) is 18.5. The fraction of sp³-hybridized carbons (Fsp3) is 0.571. The summed E-state index contributed by atoms with van der Waals surface area (Å²) in [6, 6.07) is 2.67. The van der Waals surface area contributed by atoms with E-state index in [4.69, 9.17) is 11.6 Å². The molecule has 0 unspecified atom stereocenters. The summed E-state index contributed by atoms with van der Waals surface area (Å²) in [6.45, 7) is 3.88. The van der Waals surface area contributed by atoms with E-state index in [1.807, 2.05) is 6.92 Å². The number of sulfonamides is 1. The standard InChI is InChI=1S/C14H18ClF3N2O2S/c1-2-20-7-3-4-10(20)9-19-23(21,22)11-5-6-13(15)12(8-11)14(16,17)18/h5-6,8,10,19H,2-4,7,9H2,1H3/t10-/m1/s1. The van der Waals surface area contributed by atoms with Crippen LogP contribution in [0.25, 0.3) is 0 Å². The van der Waals surface area contributed by atoms with Gasteiger partial charge in [-0.2, -0.15) is 13.2 Å². The molecule has 0 saturated carbocycles. The van der Waals surface area contributed by atoms with Crippen LogP contribution in [0.5, 0.6) is 0 Å². The van der Waals surface area contributed by atoms with Crippen LogP contribution in [0.15, 0.2) is 23.1 Å². The molecule has 1 aliphatic rings. The van der Waals surface area contributed by atoms with Gasteiger partial charge in [0.15, 0.2) is 0 Å². The fourth-order valence-corrected chi connectivity index (χ4v) is 4.04. The Morgan fingerprint density at radius 1 is 1.39 bits per heavy atom. The number of nitrogens with one attached hydrogen (secondary N) is 1. The number of hydrogen-bond acceptors (Lipinski definition) is 3. The van der Waals surface area contributed by atoms with Gasteiger partial charge in [-0.3, -0.25) is 4.90 Å². The number of halogens is 4. The first-order valence-electron chi connectivity index (χ1n) is 7.25. The summed E-state index contributed by atoms with van der Waals surface area (Å²) in [5, 5.41) is -0.524. The van der Waals surface area contributed by atoms with Gasteiger partial charge in [0.2, 0.25) is 10.0 Å². The van der Waals surface area contributed by atoms with Crippen molar-refractivity contribution >= 4 is 21.6 Å². The van der Waals surface area contributed by atoms with Gasteiger partial charge in [0.05, 0.1) is 15.5 Å². The molecule has 0 spiro atoms. The molecule has 1 atom stereocenters. The van der Waals surface area contributed by atoms with Crippen LogP contribution in [-0.4, -0.2) is 39.0 Å². The van der Waals surface area contributed by atoms with Crippen LogP contribution in [0.1, 0.15) is 25.3 Å². The molecule has 4 nitrogen and oxygen atoms in total. The molecular weight excluding hydrogens is 353 g/mol. The maximum absolute atomic E-state index is 12.8. The third kappa shape index (κ3) is 4.37. The third-order valence-electron chi connectivity index (χ3n) is 3.97. The summed E-state index contributed by atoms with van der Waals surface area (Å²) in [6.07, 6.45) is -2.85. The molecule has 0 aliphatic carbocycles. The molecule has 2 rings (SSSR count). The molecule has 1 aromatic carbocycles. The summed E-state index contributed by atoms with van der Waals surface area (Å²) < 4.78 is 65.4. The van der Waals surface area contributed by atoms with Gasteiger partial charge < -0.3 is 0 Å². The Morgan fingerprint density at radius 2 is 2.09 bits per heavy atom. The minimum atomic E-state index is -4.70. The van der Waals surface area contributed by atoms with E-state index >= 15 is 0 Å². The zero-order valence-electron chi connectivity index (χ0n) is 12.5. The van der Waals surface area contributed by atoms with Crippen molar-refractivity contribution in [3.8, 4) is 0 Å². The Bertz CT molecular complexity index is 664. The summed E-state index contributed by atoms with van der Waals surface area (Å²) >= 11 is 5.51. The third-order valence-corrected chi connectivity index (χ3v) is 5.72. The molecule has 1 heterocycles. The SMILES string of the molecule is CCN1CCC[C@@H]1CNS(=O)(=O)c1ccc(Cl)c(C(F)(F)F)c1. The second-order valence-corrected chi connectivity index (χ2v) is 7.59. The fourth-order valence-electron chi connectivity index (χ4n) is 2.72. The lowest BCUT2D eigenvalue weighted by molar-refractivity contribution is -0.137. The van der Waals surface area contributed by atoms with Gasteiger partial charge in [-0.15, -0.1) is 0 Å². The van der Waals surface area contributed by atoms with Crippen LogP contribution in [0.3, 0.4) is 0 Å². The molecule has 1 saturated heterocycles. The van der Waals surface area contributed by atoms with Crippen molar-refractivity contribution in [2.75, 3.05) is 19.6 Å². The Labute approximate surface area is 138 Å². The van der Waals surface area contributed by atoms with Crippen molar-refractivity contribution in [1.82, 2.24) is 9.62 Å². The van der Waals surface area contributed by atoms with Crippen LogP contribution in [0, 0.1) is 0 Å². The minimum absolute atomic E-state index is 0.0733. The predicted molar refractivity (Wildman–Crippen MR) is 81.9 cm³/mol. The highest BCUT2D eigenvalue weighted by molar-refractivity contribution is 7.89. The molecular formula is C14H18ClF3N2O2S. The number of alkyl halides is 3. The lowest BCUT2D eigenvalue weighted by Gasteiger charge is -2.23. The Balaban J connectivity index is 2.17. The van der Waals surface area contributed by atoms with Crippen molar-refractivity contribution in [3.63, 3.8) is 0 Å². The van der Waals surface area contributed by atoms with Gasteiger partial charge in [-0.1, -0.05) is 18.5 Å². The lowest BCUT2D eigenvalue weighted by Crippen LogP contribution is -2.40. The van der Waals surface area contributed by atoms with E-state index in [9.17, 15) is 21.6 Å². The minimum Gasteiger partial charge on any atom is -0.299 e. The topological polar surface area (TPSA) is 49.4 Å². The van der Waals surface area contributed by atoms with E-state index in [-0.39, 0.29) is 12.6 Å². The van der Waals surface area contributed by atoms with Crippen LogP contribution in [0.2, 0.25) is 5.02 Å². The van der Waals surface area contributed by atoms with Gasteiger partial charge in [0, 0.05) is 12.6 Å². The van der Waals surface area contributed by atoms with Crippen molar-refractivity contribution in [3.05, 3.63) is 28.8 Å². The van der Waals surface area contributed by atoms with E-state index in [0.29, 0.717) is 6.07 Å². The highest BCUT2D eigenvalue weighted by atomic mass is 35.5. The van der Waals surface area contributed by atoms with Crippen LogP contribution < -0.4 is 4.72 Å². The van der Waals surface area contributed by atoms with Crippen molar-refractivity contribution in [1.29, 1.82) is 0 Å². The van der Waals surface area contributed by atoms with E-state index in [1.54, 1.807) is 0 Å². The van der Waals surface area contributed by atoms with Crippen LogP contribution >= 0.6 is 11.6 Å². The zero-order valence-corrected chi connectivity index (χ0v) is 14.1. The van der Waals surface area contributed by atoms with E-state index in [0.717, 1.165) is 38.1 Å². The molecule has 0 bridgehead atoms. The van der Waals surface area contributed by atoms with Gasteiger partial charge >= 0.3 is 6.18 Å². The Morgan fingerprint density at radius 3 is 2.70 bits per heavy atom. The van der Waals surface area contributed by atoms with E-state index in [1.165, 1.54) is 0 Å². The average molecular weight is 371 g/mol. The first-order chi connectivity index (χ1) is 10.6. The number of likely N-dealkylation sites (N-methyl/N-ethyl adjacent to an activating group) is 1. The van der Waals surface area contributed by atoms with Gasteiger partial charge in [0.25, 0.3) is 0 Å². The zero-order chi connectivity index (χ0) is 17.3. The molecule has 0 amide bonds. The van der Waals surface area contributed by atoms with Crippen molar-refractivity contribution in [2.45, 2.75) is 36.9 Å². The second kappa shape index (κ2) is 6.96. The average Bonchev–Trinajstić information content (AvgIpc) is 2.91. The van der Waals surface area contributed by atoms with Gasteiger partial charge in [-0.25, -0.2) is 13.1 Å². The molecule has 0 radical (unpaired) electrons. The van der Waals surface area contributed by atoms with E-state index in [2.05, 4.69) is 9.62 Å². The van der Waals surface area contributed by atoms with Crippen LogP contribution in [0.4, 0.5) is 13.2 Å². The first-order valence-corrected chi connectivity index (χ1v) is 9.11. The Hall–Kier alpha value is -0.830. The van der Waals surface area contributed by atoms with E-state index < -0.39 is 31.7 Å². The molecule has 1 aromatic rings. The number of likely N-dealkylation sites (tertiary alicyclic amines) is 1. The Kier molecular flexibility index (Phi) is 5.60. The number of benzene rings is 1. The molecule has 9 heteroatoms. The highest BCUT2D eigenvalue weighted by Gasteiger charge is 2.34. The predicted octanol–water partition coefficient (Wildman–Crippen LogP) is 3.12. The maximum Gasteiger partial charge on any atom is 0.417 e. The molecule has 1 fully saturated rings. The number of rotatable bonds is 5. The molecule has 1 aliphatic heterocycles. The molecule has 1 N–H and O–H groups in total. The second-order valence-electron chi connectivity index (χ2n) is 5.42. The molecule has 23 heavy (non-hydrogen) atoms. The molecule has 0 aromatic heterocycles. The van der Waals surface area contributed by atoms with Crippen molar-refractivity contribution in [2.24, 2.45) is 0 Å². The van der Waals surface area contributed by atoms with Crippen LogP contribution in [-0.2, 0) is 16.2 Å². The lowest BCUT2D eigenvalue weighted by atomic mass is 10.2. The largest absolute Gasteiger partial charge is 0.417 e. The summed E-state index contributed by atoms with van der Waals surface area (Å²) in [5.74, 6) is 0. The quantitative estimate of drug-likeness (QED) is 0.866. The normalized spacial score (nSPS) is 20.1. The smallest absolute Gasteiger partial charge is 0.299 e. The maximum atomic E-state index is 12.8. The number of nitrogens with zero attached hydrogens (tertiary/aromatic N) is 1. The molecule has 130 valence electrons. The monoisotopic (exact) mass is 370 g/mol. The summed E-state index contributed by atoms with van der Waals surface area (Å²) in [4.78, 5) is 1.71. The highest BCUT2D eigenvalue weighted by Crippen LogP contribution is 2.35. The van der Waals surface area contributed by atoms with Gasteiger partial charge in [-0.05, 0) is 44.1 Å². The van der Waals surface area contributed by atoms with Crippen molar-refractivity contribution < 1.29 is 21.6 Å². The summed E-state index contributed by atoms with van der Waals surface area (Å²) in [5.41, 5.74) is -1.15. The number of hydrogen-bond donors (Lipinski definition) is 1. The van der Waals surface area contributed by atoms with Gasteiger partial charge in [0.1, 0.15) is 0 Å².